The molecule has 12 nitrogen and oxygen atoms in total. The number of benzene rings is 3. The highest BCUT2D eigenvalue weighted by molar-refractivity contribution is 8.01. The van der Waals surface area contributed by atoms with Crippen LogP contribution < -0.4 is 20.7 Å². The Morgan fingerprint density at radius 2 is 1.68 bits per heavy atom. The van der Waals surface area contributed by atoms with Crippen LogP contribution in [-0.4, -0.2) is 75.0 Å². The third-order valence-electron chi connectivity index (χ3n) is 8.48. The van der Waals surface area contributed by atoms with E-state index in [1.54, 1.807) is 24.3 Å². The molecule has 0 bridgehead atoms. The number of amides is 5. The quantitative estimate of drug-likeness (QED) is 0.170. The van der Waals surface area contributed by atoms with E-state index in [0.29, 0.717) is 30.0 Å². The van der Waals surface area contributed by atoms with Crippen LogP contribution >= 0.6 is 23.1 Å². The molecule has 4 aromatic rings. The van der Waals surface area contributed by atoms with Gasteiger partial charge in [0.2, 0.25) is 11.8 Å². The second-order valence-corrected chi connectivity index (χ2v) is 14.7. The van der Waals surface area contributed by atoms with Crippen LogP contribution in [0.25, 0.3) is 10.2 Å². The zero-order valence-corrected chi connectivity index (χ0v) is 29.3. The molecule has 2 saturated heterocycles. The van der Waals surface area contributed by atoms with Gasteiger partial charge in [0.1, 0.15) is 23.6 Å². The fourth-order valence-corrected chi connectivity index (χ4v) is 7.95. The van der Waals surface area contributed by atoms with Crippen LogP contribution in [0.3, 0.4) is 0 Å². The third-order valence-corrected chi connectivity index (χ3v) is 10.7. The molecule has 50 heavy (non-hydrogen) atoms. The Morgan fingerprint density at radius 1 is 0.960 bits per heavy atom. The first-order valence-corrected chi connectivity index (χ1v) is 18.3. The summed E-state index contributed by atoms with van der Waals surface area (Å²) in [7, 11) is 0. The summed E-state index contributed by atoms with van der Waals surface area (Å²) in [5.74, 6) is -0.393. The number of ether oxygens (including phenoxy) is 1. The van der Waals surface area contributed by atoms with Gasteiger partial charge < -0.3 is 20.7 Å². The maximum Gasteiger partial charge on any atom is 0.319 e. The predicted molar refractivity (Wildman–Crippen MR) is 192 cm³/mol. The van der Waals surface area contributed by atoms with Gasteiger partial charge in [-0.15, -0.1) is 11.3 Å². The van der Waals surface area contributed by atoms with Crippen molar-refractivity contribution in [1.29, 1.82) is 0 Å². The first kappa shape index (κ1) is 34.9. The van der Waals surface area contributed by atoms with Crippen molar-refractivity contribution in [3.63, 3.8) is 0 Å². The smallest absolute Gasteiger partial charge is 0.319 e. The lowest BCUT2D eigenvalue weighted by atomic mass is 9.99. The lowest BCUT2D eigenvalue weighted by Gasteiger charge is -2.43. The highest BCUT2D eigenvalue weighted by Crippen LogP contribution is 2.30. The number of thiazole rings is 1. The lowest BCUT2D eigenvalue weighted by molar-refractivity contribution is -0.176. The summed E-state index contributed by atoms with van der Waals surface area (Å²) in [6, 6.07) is 20.3. The number of carbonyl (C=O) groups excluding carboxylic acids is 5. The molecule has 3 heterocycles. The van der Waals surface area contributed by atoms with E-state index < -0.39 is 36.0 Å². The first-order valence-electron chi connectivity index (χ1n) is 16.5. The highest BCUT2D eigenvalue weighted by atomic mass is 32.2. The number of para-hydroxylation sites is 2. The lowest BCUT2D eigenvalue weighted by Crippen LogP contribution is -2.65. The minimum absolute atomic E-state index is 0.0170. The summed E-state index contributed by atoms with van der Waals surface area (Å²) < 4.78 is 7.59. The van der Waals surface area contributed by atoms with Gasteiger partial charge in [0.15, 0.2) is 10.1 Å². The molecule has 2 aliphatic rings. The van der Waals surface area contributed by atoms with E-state index >= 15 is 0 Å². The molecule has 5 amide bonds. The number of carbonyl (C=O) groups is 5. The highest BCUT2D eigenvalue weighted by Gasteiger charge is 2.45. The number of urea groups is 1. The van der Waals surface area contributed by atoms with E-state index in [0.717, 1.165) is 14.6 Å². The summed E-state index contributed by atoms with van der Waals surface area (Å²) in [6.07, 6.45) is 0.899. The van der Waals surface area contributed by atoms with E-state index in [4.69, 9.17) is 4.74 Å². The fraction of sp³-hybridized carbons (Fsp3) is 0.333. The van der Waals surface area contributed by atoms with Crippen molar-refractivity contribution in [3.05, 3.63) is 78.9 Å². The molecule has 2 aliphatic heterocycles. The van der Waals surface area contributed by atoms with Crippen LogP contribution in [0.15, 0.2) is 83.2 Å². The normalized spacial score (nSPS) is 18.3. The van der Waals surface area contributed by atoms with Crippen LogP contribution in [0.2, 0.25) is 0 Å². The van der Waals surface area contributed by atoms with Crippen molar-refractivity contribution < 1.29 is 28.7 Å². The molecule has 14 heteroatoms. The monoisotopic (exact) mass is 714 g/mol. The zero-order valence-electron chi connectivity index (χ0n) is 27.7. The molecule has 0 radical (unpaired) electrons. The summed E-state index contributed by atoms with van der Waals surface area (Å²) in [5.41, 5.74) is 1.34. The second kappa shape index (κ2) is 15.7. The van der Waals surface area contributed by atoms with Crippen molar-refractivity contribution in [2.24, 2.45) is 5.92 Å². The van der Waals surface area contributed by atoms with Gasteiger partial charge >= 0.3 is 6.03 Å². The minimum atomic E-state index is -1.05. The molecule has 0 spiro atoms. The van der Waals surface area contributed by atoms with Gasteiger partial charge in [-0.1, -0.05) is 55.9 Å². The molecule has 1 aromatic heterocycles. The topological polar surface area (TPSA) is 150 Å². The van der Waals surface area contributed by atoms with Gasteiger partial charge in [0.05, 0.1) is 22.0 Å². The fourth-order valence-electron chi connectivity index (χ4n) is 5.97. The molecule has 1 unspecified atom stereocenters. The minimum Gasteiger partial charge on any atom is -0.457 e. The van der Waals surface area contributed by atoms with Gasteiger partial charge in [-0.2, -0.15) is 0 Å². The number of hydrogen-bond donors (Lipinski definition) is 3. The number of thioether (sulfide) groups is 1. The molecular weight excluding hydrogens is 677 g/mol. The number of nitrogens with one attached hydrogen (secondary N) is 3. The van der Waals surface area contributed by atoms with E-state index in [1.807, 2.05) is 68.4 Å². The number of rotatable bonds is 11. The van der Waals surface area contributed by atoms with E-state index in [9.17, 15) is 24.0 Å². The maximum absolute atomic E-state index is 14.0. The van der Waals surface area contributed by atoms with Gasteiger partial charge in [0.25, 0.3) is 5.91 Å². The van der Waals surface area contributed by atoms with Crippen molar-refractivity contribution in [1.82, 2.24) is 25.6 Å². The maximum atomic E-state index is 14.0. The summed E-state index contributed by atoms with van der Waals surface area (Å²) in [4.78, 5) is 72.0. The van der Waals surface area contributed by atoms with Crippen LogP contribution in [0.1, 0.15) is 39.5 Å². The molecule has 2 fully saturated rings. The number of fused-ring (bicyclic) bond motifs is 2. The summed E-state index contributed by atoms with van der Waals surface area (Å²) >= 11 is 2.84. The van der Waals surface area contributed by atoms with Crippen LogP contribution in [0.4, 0.5) is 10.5 Å². The number of Topliss-reactive ketones (excluding diaryl/α,β-unsaturated/α-hetero) is 1. The summed E-state index contributed by atoms with van der Waals surface area (Å²) in [6.45, 7) is 3.97. The molecular formula is C36H38N6O6S2. The average Bonchev–Trinajstić information content (AvgIpc) is 3.50. The van der Waals surface area contributed by atoms with Crippen LogP contribution in [0.5, 0.6) is 11.5 Å². The Labute approximate surface area is 297 Å². The van der Waals surface area contributed by atoms with Crippen LogP contribution in [0, 0.1) is 5.92 Å². The molecule has 3 atom stereocenters. The molecule has 260 valence electrons. The first-order chi connectivity index (χ1) is 24.2. The number of hydrazine groups is 1. The summed E-state index contributed by atoms with van der Waals surface area (Å²) in [5, 5.41) is 10.8. The molecule has 3 aromatic carbocycles. The Morgan fingerprint density at radius 3 is 2.42 bits per heavy atom. The zero-order chi connectivity index (χ0) is 35.2. The van der Waals surface area contributed by atoms with Gasteiger partial charge in [-0.25, -0.2) is 14.8 Å². The van der Waals surface area contributed by atoms with Crippen molar-refractivity contribution in [2.45, 2.75) is 62.0 Å². The molecule has 0 aliphatic carbocycles. The number of anilines is 1. The Kier molecular flexibility index (Phi) is 11.0. The third kappa shape index (κ3) is 8.25. The van der Waals surface area contributed by atoms with E-state index in [2.05, 4.69) is 20.9 Å². The number of nitrogens with zero attached hydrogens (tertiary/aromatic N) is 3. The molecule has 6 rings (SSSR count). The molecule has 0 saturated carbocycles. The number of ketones is 1. The SMILES string of the molecule is CC(C)[C@H](NC(=O)[C@@H]1CCCN2C(=O)CCC(NC(=O)Nc3ccc(Oc4ccccc4)cc3)C(=O)N12)C(=O)CSc1nc2ccccc2s1. The van der Waals surface area contributed by atoms with Gasteiger partial charge in [-0.05, 0) is 73.7 Å². The standard InChI is InChI=1S/C36H38N6O6S2/c1-22(2)32(29(43)21-49-36-39-26-11-6-7-13-30(26)50-36)40-33(45)28-12-8-20-41-31(44)19-18-27(34(46)42(28)41)38-35(47)37-23-14-16-25(17-15-23)48-24-9-4-3-5-10-24/h3-7,9-11,13-17,22,27-28,32H,8,12,18-21H2,1-2H3,(H,40,45)(H2,37,38,47)/t27?,28-,32-/m0/s1. The average molecular weight is 715 g/mol. The van der Waals surface area contributed by atoms with Crippen molar-refractivity contribution in [3.8, 4) is 11.5 Å². The Hall–Kier alpha value is -4.95. The number of aromatic nitrogens is 1. The van der Waals surface area contributed by atoms with Crippen LogP contribution in [-0.2, 0) is 19.2 Å². The van der Waals surface area contributed by atoms with Gasteiger partial charge in [-0.3, -0.25) is 24.2 Å². The molecule has 3 N–H and O–H groups in total. The number of hydrogen-bond acceptors (Lipinski definition) is 9. The Balaban J connectivity index is 1.09. The van der Waals surface area contributed by atoms with E-state index in [-0.39, 0.29) is 42.7 Å². The second-order valence-electron chi connectivity index (χ2n) is 12.4. The van der Waals surface area contributed by atoms with Crippen molar-refractivity contribution >= 4 is 68.5 Å². The predicted octanol–water partition coefficient (Wildman–Crippen LogP) is 5.61. The Bertz CT molecular complexity index is 1830. The van der Waals surface area contributed by atoms with E-state index in [1.165, 1.54) is 33.1 Å². The van der Waals surface area contributed by atoms with Crippen molar-refractivity contribution in [2.75, 3.05) is 17.6 Å². The largest absolute Gasteiger partial charge is 0.457 e. The van der Waals surface area contributed by atoms with Gasteiger partial charge in [0, 0.05) is 18.7 Å².